The highest BCUT2D eigenvalue weighted by Crippen LogP contribution is 2.32. The molecule has 19 heavy (non-hydrogen) atoms. The first-order chi connectivity index (χ1) is 9.14. The minimum Gasteiger partial charge on any atom is -0.389 e. The average molecular weight is 268 g/mol. The van der Waals surface area contributed by atoms with Gasteiger partial charge in [0.05, 0.1) is 5.60 Å². The van der Waals surface area contributed by atoms with Gasteiger partial charge in [0.25, 0.3) is 0 Å². The molecule has 1 heterocycles. The molecule has 0 bridgehead atoms. The van der Waals surface area contributed by atoms with E-state index in [0.29, 0.717) is 12.1 Å². The van der Waals surface area contributed by atoms with Crippen LogP contribution >= 0.6 is 0 Å². The van der Waals surface area contributed by atoms with Gasteiger partial charge in [-0.3, -0.25) is 4.90 Å². The van der Waals surface area contributed by atoms with Crippen molar-refractivity contribution in [3.8, 4) is 0 Å². The highest BCUT2D eigenvalue weighted by Gasteiger charge is 2.37. The second-order valence-corrected chi connectivity index (χ2v) is 6.71. The van der Waals surface area contributed by atoms with Gasteiger partial charge in [-0.25, -0.2) is 0 Å². The highest BCUT2D eigenvalue weighted by atomic mass is 16.3. The van der Waals surface area contributed by atoms with Crippen molar-refractivity contribution in [2.45, 2.75) is 82.9 Å². The zero-order valence-electron chi connectivity index (χ0n) is 12.8. The summed E-state index contributed by atoms with van der Waals surface area (Å²) >= 11 is 0. The van der Waals surface area contributed by atoms with Gasteiger partial charge < -0.3 is 10.4 Å². The summed E-state index contributed by atoms with van der Waals surface area (Å²) in [5.41, 5.74) is -0.389. The predicted octanol–water partition coefficient (Wildman–Crippen LogP) is 2.53. The van der Waals surface area contributed by atoms with Crippen LogP contribution in [0.3, 0.4) is 0 Å². The molecule has 3 nitrogen and oxygen atoms in total. The molecular weight excluding hydrogens is 236 g/mol. The quantitative estimate of drug-likeness (QED) is 0.777. The van der Waals surface area contributed by atoms with Gasteiger partial charge in [-0.2, -0.15) is 0 Å². The molecule has 1 aliphatic heterocycles. The van der Waals surface area contributed by atoms with Crippen molar-refractivity contribution in [3.63, 3.8) is 0 Å². The van der Waals surface area contributed by atoms with Crippen LogP contribution in [0.2, 0.25) is 0 Å². The first-order valence-electron chi connectivity index (χ1n) is 8.34. The first-order valence-corrected chi connectivity index (χ1v) is 8.34. The summed E-state index contributed by atoms with van der Waals surface area (Å²) in [7, 11) is 0. The normalized spacial score (nSPS) is 29.5. The first kappa shape index (κ1) is 15.3. The lowest BCUT2D eigenvalue weighted by molar-refractivity contribution is -0.0174. The molecule has 2 aliphatic rings. The van der Waals surface area contributed by atoms with Gasteiger partial charge in [0.1, 0.15) is 0 Å². The maximum atomic E-state index is 10.7. The predicted molar refractivity (Wildman–Crippen MR) is 80.4 cm³/mol. The van der Waals surface area contributed by atoms with Gasteiger partial charge in [-0.15, -0.1) is 0 Å². The molecule has 2 fully saturated rings. The Hall–Kier alpha value is -0.120. The third kappa shape index (κ3) is 4.17. The smallest absolute Gasteiger partial charge is 0.0774 e. The Morgan fingerprint density at radius 2 is 2.00 bits per heavy atom. The molecule has 0 aromatic rings. The monoisotopic (exact) mass is 268 g/mol. The van der Waals surface area contributed by atoms with Crippen molar-refractivity contribution in [1.82, 2.24) is 10.2 Å². The van der Waals surface area contributed by atoms with Crippen molar-refractivity contribution in [2.75, 3.05) is 19.6 Å². The molecule has 1 saturated heterocycles. The summed E-state index contributed by atoms with van der Waals surface area (Å²) in [6.07, 6.45) is 9.55. The van der Waals surface area contributed by atoms with Gasteiger partial charge in [-0.1, -0.05) is 26.2 Å². The number of β-amino-alcohol motifs (C(OH)–C–C–N with tert-alkyl or cyclic N) is 1. The van der Waals surface area contributed by atoms with Crippen LogP contribution in [0.1, 0.15) is 65.2 Å². The van der Waals surface area contributed by atoms with E-state index in [9.17, 15) is 5.11 Å². The van der Waals surface area contributed by atoms with Gasteiger partial charge in [-0.05, 0) is 52.1 Å². The third-order valence-corrected chi connectivity index (χ3v) is 4.99. The lowest BCUT2D eigenvalue weighted by atomic mass is 9.93. The number of piperidine rings is 1. The number of nitrogens with one attached hydrogen (secondary N) is 1. The number of likely N-dealkylation sites (tertiary alicyclic amines) is 1. The highest BCUT2D eigenvalue weighted by molar-refractivity contribution is 4.93. The average Bonchev–Trinajstić information content (AvgIpc) is 2.83. The fourth-order valence-corrected chi connectivity index (χ4v) is 3.86. The fraction of sp³-hybridized carbons (Fsp3) is 1.00. The van der Waals surface area contributed by atoms with E-state index >= 15 is 0 Å². The number of hydrogen-bond acceptors (Lipinski definition) is 3. The molecule has 112 valence electrons. The van der Waals surface area contributed by atoms with Crippen LogP contribution in [0.5, 0.6) is 0 Å². The largest absolute Gasteiger partial charge is 0.389 e. The number of hydrogen-bond donors (Lipinski definition) is 2. The summed E-state index contributed by atoms with van der Waals surface area (Å²) in [4.78, 5) is 2.57. The Kier molecular flexibility index (Phi) is 5.67. The summed E-state index contributed by atoms with van der Waals surface area (Å²) in [5, 5.41) is 14.3. The van der Waals surface area contributed by atoms with E-state index in [2.05, 4.69) is 24.1 Å². The molecule has 1 aliphatic carbocycles. The zero-order valence-corrected chi connectivity index (χ0v) is 12.8. The third-order valence-electron chi connectivity index (χ3n) is 4.99. The molecule has 0 radical (unpaired) electrons. The van der Waals surface area contributed by atoms with E-state index < -0.39 is 0 Å². The maximum Gasteiger partial charge on any atom is 0.0774 e. The molecule has 0 aromatic carbocycles. The lowest BCUT2D eigenvalue weighted by Gasteiger charge is -2.42. The van der Waals surface area contributed by atoms with Crippen molar-refractivity contribution in [2.24, 2.45) is 0 Å². The molecule has 3 heteroatoms. The number of aliphatic hydroxyl groups is 1. The number of rotatable bonds is 6. The van der Waals surface area contributed by atoms with Gasteiger partial charge in [0.15, 0.2) is 0 Å². The Bertz CT molecular complexity index is 263. The van der Waals surface area contributed by atoms with Crippen LogP contribution in [0, 0.1) is 0 Å². The Labute approximate surface area is 118 Å². The Morgan fingerprint density at radius 3 is 2.68 bits per heavy atom. The molecular formula is C16H32N2O. The minimum absolute atomic E-state index is 0.389. The molecule has 2 unspecified atom stereocenters. The second-order valence-electron chi connectivity index (χ2n) is 6.71. The van der Waals surface area contributed by atoms with Crippen LogP contribution in [0.4, 0.5) is 0 Å². The van der Waals surface area contributed by atoms with Gasteiger partial charge in [0, 0.05) is 18.6 Å². The van der Waals surface area contributed by atoms with Crippen molar-refractivity contribution >= 4 is 0 Å². The summed E-state index contributed by atoms with van der Waals surface area (Å²) in [5.74, 6) is 0. The second kappa shape index (κ2) is 7.05. The molecule has 0 spiro atoms. The number of nitrogens with zero attached hydrogens (tertiary/aromatic N) is 1. The van der Waals surface area contributed by atoms with E-state index in [1.165, 1.54) is 45.1 Å². The van der Waals surface area contributed by atoms with Crippen LogP contribution in [-0.2, 0) is 0 Å². The lowest BCUT2D eigenvalue weighted by Crippen LogP contribution is -2.55. The summed E-state index contributed by atoms with van der Waals surface area (Å²) in [6, 6.07) is 1.16. The Balaban J connectivity index is 1.91. The van der Waals surface area contributed by atoms with Crippen molar-refractivity contribution in [1.29, 1.82) is 0 Å². The molecule has 2 atom stereocenters. The van der Waals surface area contributed by atoms with E-state index in [4.69, 9.17) is 0 Å². The van der Waals surface area contributed by atoms with Gasteiger partial charge >= 0.3 is 0 Å². The summed E-state index contributed by atoms with van der Waals surface area (Å²) < 4.78 is 0. The Morgan fingerprint density at radius 1 is 1.26 bits per heavy atom. The van der Waals surface area contributed by atoms with Gasteiger partial charge in [0.2, 0.25) is 0 Å². The van der Waals surface area contributed by atoms with E-state index in [1.54, 1.807) is 0 Å². The van der Waals surface area contributed by atoms with Crippen molar-refractivity contribution < 1.29 is 5.11 Å². The molecule has 1 saturated carbocycles. The standard InChI is InChI=1S/C16H32N2O/c1-3-11-17-14(2)15-8-4-7-12-18(15)13-16(19)9-5-6-10-16/h14-15,17,19H,3-13H2,1-2H3. The van der Waals surface area contributed by atoms with Crippen LogP contribution in [0.15, 0.2) is 0 Å². The van der Waals surface area contributed by atoms with Crippen LogP contribution in [0.25, 0.3) is 0 Å². The fourth-order valence-electron chi connectivity index (χ4n) is 3.86. The minimum atomic E-state index is -0.389. The van der Waals surface area contributed by atoms with E-state index in [1.807, 2.05) is 0 Å². The zero-order chi connectivity index (χ0) is 13.7. The van der Waals surface area contributed by atoms with Crippen LogP contribution < -0.4 is 5.32 Å². The van der Waals surface area contributed by atoms with E-state index in [-0.39, 0.29) is 5.60 Å². The SMILES string of the molecule is CCCNC(C)C1CCCCN1CC1(O)CCCC1. The van der Waals surface area contributed by atoms with Crippen molar-refractivity contribution in [3.05, 3.63) is 0 Å². The molecule has 2 rings (SSSR count). The summed E-state index contributed by atoms with van der Waals surface area (Å²) in [6.45, 7) is 7.72. The molecule has 2 N–H and O–H groups in total. The maximum absolute atomic E-state index is 10.7. The molecule has 0 aromatic heterocycles. The topological polar surface area (TPSA) is 35.5 Å². The van der Waals surface area contributed by atoms with E-state index in [0.717, 1.165) is 25.9 Å². The molecule has 0 amide bonds. The van der Waals surface area contributed by atoms with Crippen LogP contribution in [-0.4, -0.2) is 47.3 Å².